The molecule has 0 unspecified atom stereocenters. The quantitative estimate of drug-likeness (QED) is 0.575. The minimum atomic E-state index is 1.30. The van der Waals surface area contributed by atoms with Gasteiger partial charge in [0.25, 0.3) is 0 Å². The summed E-state index contributed by atoms with van der Waals surface area (Å²) >= 11 is 0. The minimum Gasteiger partial charge on any atom is -0.0870 e. The molecule has 0 aliphatic heterocycles. The molecule has 0 nitrogen and oxygen atoms in total. The molecule has 0 saturated heterocycles. The van der Waals surface area contributed by atoms with Gasteiger partial charge in [-0.15, -0.1) is 0 Å². The summed E-state index contributed by atoms with van der Waals surface area (Å²) < 4.78 is 0. The minimum absolute atomic E-state index is 1.30. The topological polar surface area (TPSA) is 0 Å². The van der Waals surface area contributed by atoms with Gasteiger partial charge in [0, 0.05) is 0 Å². The second kappa shape index (κ2) is 4.55. The van der Waals surface area contributed by atoms with Crippen molar-refractivity contribution in [2.24, 2.45) is 0 Å². The van der Waals surface area contributed by atoms with Crippen molar-refractivity contribution in [3.63, 3.8) is 0 Å². The average molecular weight is 246 g/mol. The van der Waals surface area contributed by atoms with E-state index < -0.39 is 0 Å². The molecule has 0 amide bonds. The van der Waals surface area contributed by atoms with Crippen molar-refractivity contribution in [1.29, 1.82) is 0 Å². The number of aryl methyl sites for hydroxylation is 1. The normalized spacial score (nSPS) is 13.1. The van der Waals surface area contributed by atoms with E-state index in [0.29, 0.717) is 0 Å². The fourth-order valence-corrected chi connectivity index (χ4v) is 2.93. The van der Waals surface area contributed by atoms with Gasteiger partial charge in [0.1, 0.15) is 0 Å². The van der Waals surface area contributed by atoms with E-state index >= 15 is 0 Å². The van der Waals surface area contributed by atoms with Gasteiger partial charge in [-0.3, -0.25) is 0 Å². The Bertz CT molecular complexity index is 817. The van der Waals surface area contributed by atoms with Crippen molar-refractivity contribution in [2.75, 3.05) is 0 Å². The summed E-state index contributed by atoms with van der Waals surface area (Å²) in [5.41, 5.74) is 2.62. The van der Waals surface area contributed by atoms with Crippen LogP contribution in [0.1, 0.15) is 25.0 Å². The van der Waals surface area contributed by atoms with Gasteiger partial charge >= 0.3 is 0 Å². The summed E-state index contributed by atoms with van der Waals surface area (Å²) in [6.07, 6.45) is 6.50. The molecule has 3 aromatic rings. The first-order valence-electron chi connectivity index (χ1n) is 6.79. The molecule has 0 atom stereocenters. The summed E-state index contributed by atoms with van der Waals surface area (Å²) in [6.45, 7) is 6.34. The second-order valence-electron chi connectivity index (χ2n) is 5.06. The summed E-state index contributed by atoms with van der Waals surface area (Å²) in [7, 11) is 0. The van der Waals surface area contributed by atoms with Crippen molar-refractivity contribution in [3.05, 3.63) is 58.8 Å². The number of benzene rings is 3. The lowest BCUT2D eigenvalue weighted by atomic mass is 9.93. The Morgan fingerprint density at radius 1 is 0.842 bits per heavy atom. The zero-order chi connectivity index (χ0) is 13.4. The van der Waals surface area contributed by atoms with Crippen LogP contribution in [0.3, 0.4) is 0 Å². The van der Waals surface area contributed by atoms with Crippen molar-refractivity contribution in [1.82, 2.24) is 0 Å². The maximum atomic E-state index is 2.27. The highest BCUT2D eigenvalue weighted by Crippen LogP contribution is 2.29. The summed E-state index contributed by atoms with van der Waals surface area (Å²) in [5.74, 6) is 0. The standard InChI is InChI=1S/C19H18/c1-4-6-15-8-10-17-12-13(3)11-16-9-7-14(5-2)18(15)19(16)17/h4-12H,1-3H3/b6-4-,14-5-. The molecule has 0 aliphatic carbocycles. The van der Waals surface area contributed by atoms with Crippen LogP contribution in [-0.2, 0) is 0 Å². The molecule has 0 heteroatoms. The maximum Gasteiger partial charge on any atom is -0.00267 e. The van der Waals surface area contributed by atoms with Crippen LogP contribution in [-0.4, -0.2) is 0 Å². The van der Waals surface area contributed by atoms with E-state index in [-0.39, 0.29) is 0 Å². The van der Waals surface area contributed by atoms with Crippen LogP contribution >= 0.6 is 0 Å². The van der Waals surface area contributed by atoms with Gasteiger partial charge in [0.15, 0.2) is 0 Å². The molecule has 0 fully saturated rings. The van der Waals surface area contributed by atoms with Gasteiger partial charge < -0.3 is 0 Å². The van der Waals surface area contributed by atoms with Gasteiger partial charge in [-0.05, 0) is 58.7 Å². The molecule has 0 radical (unpaired) electrons. The number of hydrogen-bond donors (Lipinski definition) is 0. The molecule has 0 saturated carbocycles. The van der Waals surface area contributed by atoms with Crippen molar-refractivity contribution >= 4 is 33.7 Å². The van der Waals surface area contributed by atoms with E-state index in [4.69, 9.17) is 0 Å². The van der Waals surface area contributed by atoms with Gasteiger partial charge in [-0.1, -0.05) is 54.6 Å². The highest BCUT2D eigenvalue weighted by atomic mass is 14.1. The van der Waals surface area contributed by atoms with Gasteiger partial charge in [0.05, 0.1) is 0 Å². The Balaban J connectivity index is 2.64. The molecular weight excluding hydrogens is 228 g/mol. The van der Waals surface area contributed by atoms with Crippen LogP contribution in [0, 0.1) is 6.92 Å². The summed E-state index contributed by atoms with van der Waals surface area (Å²) in [4.78, 5) is 0. The molecule has 94 valence electrons. The molecular formula is C19H18. The highest BCUT2D eigenvalue weighted by molar-refractivity contribution is 6.13. The molecule has 3 aromatic carbocycles. The number of rotatable bonds is 1. The largest absolute Gasteiger partial charge is 0.0870 e. The molecule has 3 rings (SSSR count). The van der Waals surface area contributed by atoms with E-state index in [0.717, 1.165) is 0 Å². The Hall–Kier alpha value is -2.08. The first-order chi connectivity index (χ1) is 9.24. The third-order valence-electron chi connectivity index (χ3n) is 3.71. The molecule has 0 aromatic heterocycles. The average Bonchev–Trinajstić information content (AvgIpc) is 2.41. The lowest BCUT2D eigenvalue weighted by molar-refractivity contribution is 1.52. The fraction of sp³-hybridized carbons (Fsp3) is 0.158. The molecule has 0 aliphatic rings. The Kier molecular flexibility index (Phi) is 2.87. The Labute approximate surface area is 114 Å². The number of hydrogen-bond acceptors (Lipinski definition) is 0. The zero-order valence-electron chi connectivity index (χ0n) is 11.7. The van der Waals surface area contributed by atoms with E-state index in [1.165, 1.54) is 37.9 Å². The van der Waals surface area contributed by atoms with Crippen LogP contribution in [0.5, 0.6) is 0 Å². The first kappa shape index (κ1) is 12.0. The zero-order valence-corrected chi connectivity index (χ0v) is 11.7. The van der Waals surface area contributed by atoms with Crippen LogP contribution in [0.4, 0.5) is 0 Å². The van der Waals surface area contributed by atoms with E-state index in [9.17, 15) is 0 Å². The van der Waals surface area contributed by atoms with Gasteiger partial charge in [-0.2, -0.15) is 0 Å². The second-order valence-corrected chi connectivity index (χ2v) is 5.06. The summed E-state index contributed by atoms with van der Waals surface area (Å²) in [6, 6.07) is 13.5. The third-order valence-corrected chi connectivity index (χ3v) is 3.71. The van der Waals surface area contributed by atoms with Crippen LogP contribution in [0.25, 0.3) is 33.7 Å². The SMILES string of the molecule is C/C=C\c1ccc2cc(C)cc3cc/c(=C/C)c1c23. The Morgan fingerprint density at radius 3 is 2.16 bits per heavy atom. The summed E-state index contributed by atoms with van der Waals surface area (Å²) in [5, 5.41) is 6.74. The highest BCUT2D eigenvalue weighted by Gasteiger charge is 2.07. The van der Waals surface area contributed by atoms with Gasteiger partial charge in [-0.25, -0.2) is 0 Å². The van der Waals surface area contributed by atoms with Crippen molar-refractivity contribution in [2.45, 2.75) is 20.8 Å². The predicted octanol–water partition coefficient (Wildman–Crippen LogP) is 4.85. The molecule has 0 heterocycles. The fourth-order valence-electron chi connectivity index (χ4n) is 2.93. The number of allylic oxidation sites excluding steroid dienone is 1. The molecule has 0 bridgehead atoms. The lowest BCUT2D eigenvalue weighted by Gasteiger charge is -2.10. The molecule has 19 heavy (non-hydrogen) atoms. The third kappa shape index (κ3) is 1.84. The van der Waals surface area contributed by atoms with Crippen LogP contribution in [0.15, 0.2) is 42.5 Å². The van der Waals surface area contributed by atoms with Gasteiger partial charge in [0.2, 0.25) is 0 Å². The van der Waals surface area contributed by atoms with Crippen LogP contribution < -0.4 is 5.22 Å². The smallest absolute Gasteiger partial charge is 0.00267 e. The maximum absolute atomic E-state index is 2.27. The van der Waals surface area contributed by atoms with Crippen molar-refractivity contribution < 1.29 is 0 Å². The van der Waals surface area contributed by atoms with E-state index in [1.54, 1.807) is 0 Å². The predicted molar refractivity (Wildman–Crippen MR) is 86.3 cm³/mol. The molecule has 0 N–H and O–H groups in total. The Morgan fingerprint density at radius 2 is 1.53 bits per heavy atom. The van der Waals surface area contributed by atoms with E-state index in [2.05, 4.69) is 75.4 Å². The lowest BCUT2D eigenvalue weighted by Crippen LogP contribution is -2.03. The van der Waals surface area contributed by atoms with Crippen molar-refractivity contribution in [3.8, 4) is 0 Å². The van der Waals surface area contributed by atoms with Crippen LogP contribution in [0.2, 0.25) is 0 Å². The monoisotopic (exact) mass is 246 g/mol. The first-order valence-corrected chi connectivity index (χ1v) is 6.79. The molecule has 0 spiro atoms. The van der Waals surface area contributed by atoms with E-state index in [1.807, 2.05) is 0 Å².